The summed E-state index contributed by atoms with van der Waals surface area (Å²) in [4.78, 5) is 31.0. The van der Waals surface area contributed by atoms with Crippen molar-refractivity contribution in [2.75, 3.05) is 50.1 Å². The molecule has 0 radical (unpaired) electrons. The normalized spacial score (nSPS) is 23.1. The van der Waals surface area contributed by atoms with Crippen molar-refractivity contribution >= 4 is 34.1 Å². The van der Waals surface area contributed by atoms with E-state index >= 15 is 0 Å². The minimum atomic E-state index is -5.00. The smallest absolute Gasteiger partial charge is 0.426 e. The number of benzene rings is 1. The van der Waals surface area contributed by atoms with Gasteiger partial charge in [-0.2, -0.15) is 18.2 Å². The number of fused-ring (bicyclic) bond motifs is 2. The fourth-order valence-corrected chi connectivity index (χ4v) is 5.29. The highest BCUT2D eigenvalue weighted by Crippen LogP contribution is 2.42. The minimum Gasteiger partial charge on any atom is -0.488 e. The third-order valence-electron chi connectivity index (χ3n) is 7.61. The maximum atomic E-state index is 13.8. The van der Waals surface area contributed by atoms with E-state index in [1.165, 1.54) is 27.7 Å². The van der Waals surface area contributed by atoms with Crippen LogP contribution in [0, 0.1) is 0 Å². The molecule has 5 heterocycles. The summed E-state index contributed by atoms with van der Waals surface area (Å²) in [7, 11) is 2.10. The lowest BCUT2D eigenvalue weighted by Gasteiger charge is -2.34. The van der Waals surface area contributed by atoms with Crippen molar-refractivity contribution in [1.29, 1.82) is 0 Å². The second-order valence-corrected chi connectivity index (χ2v) is 10.3. The molecule has 3 aliphatic heterocycles. The summed E-state index contributed by atoms with van der Waals surface area (Å²) in [5.74, 6) is 0.0807. The molecule has 2 atom stereocenters. The molecule has 1 aromatic carbocycles. The van der Waals surface area contributed by atoms with E-state index in [1.807, 2.05) is 24.3 Å². The highest BCUT2D eigenvalue weighted by molar-refractivity contribution is 6.07. The van der Waals surface area contributed by atoms with E-state index in [4.69, 9.17) is 4.74 Å². The van der Waals surface area contributed by atoms with Gasteiger partial charge in [0, 0.05) is 50.2 Å². The Hall–Kier alpha value is -4.17. The van der Waals surface area contributed by atoms with Crippen molar-refractivity contribution in [3.63, 3.8) is 0 Å². The van der Waals surface area contributed by atoms with Crippen LogP contribution in [0.3, 0.4) is 0 Å². The van der Waals surface area contributed by atoms with Gasteiger partial charge in [-0.05, 0) is 37.4 Å². The predicted molar refractivity (Wildman–Crippen MR) is 148 cm³/mol. The van der Waals surface area contributed by atoms with Crippen molar-refractivity contribution in [1.82, 2.24) is 24.2 Å². The maximum Gasteiger partial charge on any atom is 0.426 e. The Morgan fingerprint density at radius 3 is 2.63 bits per heavy atom. The van der Waals surface area contributed by atoms with Crippen molar-refractivity contribution in [2.24, 2.45) is 4.99 Å². The van der Waals surface area contributed by atoms with Gasteiger partial charge in [-0.3, -0.25) is 9.79 Å². The SMILES string of the molecule is C=CCn1c(=O)c2cnc(Nc3ccc(N4CCN(C)CC4)cc3)nc2n1C1CC=C2OCC(O)(C(F)(F)F)C2=N1. The molecule has 0 aliphatic carbocycles. The highest BCUT2D eigenvalue weighted by Gasteiger charge is 2.63. The number of piperazine rings is 1. The predicted octanol–water partition coefficient (Wildman–Crippen LogP) is 2.83. The van der Waals surface area contributed by atoms with Gasteiger partial charge in [0.1, 0.15) is 29.6 Å². The summed E-state index contributed by atoms with van der Waals surface area (Å²) in [6, 6.07) is 7.84. The standard InChI is InChI=1S/C27H29F3N8O3/c1-3-10-37-24(39)19-15-31-25(32-17-4-6-18(7-5-17)36-13-11-35(2)12-14-36)34-23(19)38(37)21-9-8-20-22(33-21)26(40,16-41-20)27(28,29)30/h3-8,15,21,40H,1,9-14,16H2,2H3,(H,31,32,34). The van der Waals surface area contributed by atoms with Crippen LogP contribution in [0.15, 0.2) is 64.7 Å². The lowest BCUT2D eigenvalue weighted by atomic mass is 9.96. The van der Waals surface area contributed by atoms with Gasteiger partial charge in [0.2, 0.25) is 11.5 Å². The summed E-state index contributed by atoms with van der Waals surface area (Å²) >= 11 is 0. The number of hydrogen-bond acceptors (Lipinski definition) is 9. The Labute approximate surface area is 232 Å². The summed E-state index contributed by atoms with van der Waals surface area (Å²) in [6.45, 7) is 6.64. The zero-order chi connectivity index (χ0) is 28.9. The Balaban J connectivity index is 1.34. The summed E-state index contributed by atoms with van der Waals surface area (Å²) in [5.41, 5.74) is -2.29. The third-order valence-corrected chi connectivity index (χ3v) is 7.61. The minimum absolute atomic E-state index is 0.0592. The monoisotopic (exact) mass is 570 g/mol. The number of aliphatic imine (C=N–C) groups is 1. The first-order valence-corrected chi connectivity index (χ1v) is 13.2. The van der Waals surface area contributed by atoms with Crippen molar-refractivity contribution in [2.45, 2.75) is 30.9 Å². The lowest BCUT2D eigenvalue weighted by Crippen LogP contribution is -2.52. The number of nitrogens with one attached hydrogen (secondary N) is 1. The molecule has 11 nitrogen and oxygen atoms in total. The molecule has 41 heavy (non-hydrogen) atoms. The second kappa shape index (κ2) is 10.0. The van der Waals surface area contributed by atoms with Gasteiger partial charge < -0.3 is 25.0 Å². The number of aliphatic hydroxyl groups is 1. The molecule has 6 rings (SSSR count). The van der Waals surface area contributed by atoms with E-state index in [-0.39, 0.29) is 35.7 Å². The van der Waals surface area contributed by atoms with E-state index in [0.717, 1.165) is 37.6 Å². The Bertz CT molecular complexity index is 1600. The molecule has 14 heteroatoms. The number of alkyl halides is 3. The van der Waals surface area contributed by atoms with Gasteiger partial charge in [0.25, 0.3) is 5.56 Å². The van der Waals surface area contributed by atoms with E-state index in [2.05, 4.69) is 43.7 Å². The number of aromatic nitrogens is 4. The maximum absolute atomic E-state index is 13.8. The van der Waals surface area contributed by atoms with Gasteiger partial charge >= 0.3 is 6.18 Å². The second-order valence-electron chi connectivity index (χ2n) is 10.3. The Kier molecular flexibility index (Phi) is 6.61. The third kappa shape index (κ3) is 4.66. The molecule has 0 spiro atoms. The largest absolute Gasteiger partial charge is 0.488 e. The van der Waals surface area contributed by atoms with Crippen LogP contribution >= 0.6 is 0 Å². The molecule has 2 fully saturated rings. The van der Waals surface area contributed by atoms with Crippen LogP contribution in [0.4, 0.5) is 30.5 Å². The number of hydrogen-bond donors (Lipinski definition) is 2. The number of rotatable bonds is 6. The van der Waals surface area contributed by atoms with E-state index in [0.29, 0.717) is 0 Å². The molecule has 216 valence electrons. The van der Waals surface area contributed by atoms with E-state index in [9.17, 15) is 23.1 Å². The van der Waals surface area contributed by atoms with Gasteiger partial charge in [-0.25, -0.2) is 14.3 Å². The fraction of sp³-hybridized carbons (Fsp3) is 0.407. The van der Waals surface area contributed by atoms with Gasteiger partial charge in [0.05, 0.1) is 6.54 Å². The molecule has 2 unspecified atom stereocenters. The molecule has 2 aromatic heterocycles. The molecule has 2 N–H and O–H groups in total. The Morgan fingerprint density at radius 2 is 1.95 bits per heavy atom. The zero-order valence-electron chi connectivity index (χ0n) is 22.3. The lowest BCUT2D eigenvalue weighted by molar-refractivity contribution is -0.234. The molecule has 0 bridgehead atoms. The Morgan fingerprint density at radius 1 is 1.22 bits per heavy atom. The van der Waals surface area contributed by atoms with Crippen LogP contribution in [-0.2, 0) is 11.3 Å². The number of nitrogens with zero attached hydrogens (tertiary/aromatic N) is 7. The summed E-state index contributed by atoms with van der Waals surface area (Å²) < 4.78 is 49.1. The first-order valence-electron chi connectivity index (χ1n) is 13.2. The van der Waals surface area contributed by atoms with Crippen molar-refractivity contribution in [3.05, 3.63) is 65.3 Å². The quantitative estimate of drug-likeness (QED) is 0.435. The van der Waals surface area contributed by atoms with E-state index in [1.54, 1.807) is 0 Å². The molecule has 3 aliphatic rings. The van der Waals surface area contributed by atoms with Gasteiger partial charge in [-0.1, -0.05) is 6.08 Å². The molecule has 0 saturated carbocycles. The van der Waals surface area contributed by atoms with Crippen molar-refractivity contribution < 1.29 is 23.0 Å². The van der Waals surface area contributed by atoms with E-state index < -0.39 is 35.8 Å². The topological polar surface area (TPSA) is 113 Å². The number of anilines is 3. The molecular weight excluding hydrogens is 541 g/mol. The molecule has 2 saturated heterocycles. The summed E-state index contributed by atoms with van der Waals surface area (Å²) in [5, 5.41) is 13.8. The van der Waals surface area contributed by atoms with Crippen molar-refractivity contribution in [3.8, 4) is 0 Å². The van der Waals surface area contributed by atoms with Crippen LogP contribution in [0.5, 0.6) is 0 Å². The van der Waals surface area contributed by atoms with Gasteiger partial charge in [0.15, 0.2) is 5.65 Å². The van der Waals surface area contributed by atoms with Crippen LogP contribution in [0.1, 0.15) is 12.6 Å². The van der Waals surface area contributed by atoms with Gasteiger partial charge in [-0.15, -0.1) is 6.58 Å². The number of likely N-dealkylation sites (N-methyl/N-ethyl adjacent to an activating group) is 1. The summed E-state index contributed by atoms with van der Waals surface area (Å²) in [6.07, 6.45) is -1.57. The number of halogens is 3. The highest BCUT2D eigenvalue weighted by atomic mass is 19.4. The van der Waals surface area contributed by atoms with Crippen LogP contribution in [0.25, 0.3) is 11.0 Å². The average Bonchev–Trinajstić information content (AvgIpc) is 3.44. The first kappa shape index (κ1) is 27.0. The zero-order valence-corrected chi connectivity index (χ0v) is 22.3. The van der Waals surface area contributed by atoms with Crippen LogP contribution in [0.2, 0.25) is 0 Å². The first-order chi connectivity index (χ1) is 19.6. The number of dihydropyridines is 1. The number of allylic oxidation sites excluding steroid dienone is 1. The molecular formula is C27H29F3N8O3. The van der Waals surface area contributed by atoms with Crippen LogP contribution in [-0.4, -0.2) is 86.7 Å². The fourth-order valence-electron chi connectivity index (χ4n) is 5.29. The van der Waals surface area contributed by atoms with Crippen LogP contribution < -0.4 is 15.8 Å². The molecule has 0 amide bonds. The number of ether oxygens (including phenoxy) is 1. The molecule has 3 aromatic rings. The average molecular weight is 571 g/mol.